The number of benzene rings is 1. The van der Waals surface area contributed by atoms with Crippen LogP contribution in [0.5, 0.6) is 0 Å². The van der Waals surface area contributed by atoms with E-state index in [4.69, 9.17) is 11.6 Å². The molecule has 0 unspecified atom stereocenters. The first kappa shape index (κ1) is 17.0. The first-order valence-corrected chi connectivity index (χ1v) is 9.38. The van der Waals surface area contributed by atoms with Crippen LogP contribution < -0.4 is 5.32 Å². The number of carbonyl (C=O) groups is 1. The third-order valence-electron chi connectivity index (χ3n) is 4.26. The second-order valence-electron chi connectivity index (χ2n) is 5.74. The summed E-state index contributed by atoms with van der Waals surface area (Å²) in [5.41, 5.74) is -0.325. The number of nitrogens with one attached hydrogen (secondary N) is 1. The fourth-order valence-corrected chi connectivity index (χ4v) is 3.92. The molecule has 0 radical (unpaired) electrons. The molecule has 0 atom stereocenters. The van der Waals surface area contributed by atoms with Gasteiger partial charge in [0, 0.05) is 23.7 Å². The number of urea groups is 1. The van der Waals surface area contributed by atoms with Crippen molar-refractivity contribution in [2.45, 2.75) is 17.2 Å². The van der Waals surface area contributed by atoms with Crippen molar-refractivity contribution in [3.05, 3.63) is 59.2 Å². The number of halogens is 1. The van der Waals surface area contributed by atoms with Crippen molar-refractivity contribution >= 4 is 27.8 Å². The second-order valence-corrected chi connectivity index (χ2v) is 7.72. The molecular weight excluding hydrogens is 352 g/mol. The maximum atomic E-state index is 12.4. The van der Waals surface area contributed by atoms with E-state index in [1.165, 1.54) is 12.2 Å². The summed E-state index contributed by atoms with van der Waals surface area (Å²) in [5.74, 6) is 0. The fraction of sp³-hybridized carbons (Fsp3) is 0.312. The Balaban J connectivity index is 2.12. The largest absolute Gasteiger partial charge is 0.338 e. The van der Waals surface area contributed by atoms with Crippen LogP contribution in [-0.4, -0.2) is 42.2 Å². The van der Waals surface area contributed by atoms with Gasteiger partial charge in [-0.05, 0) is 12.5 Å². The number of nitrogens with zero attached hydrogens (tertiary/aromatic N) is 1. The van der Waals surface area contributed by atoms with Crippen LogP contribution in [0.1, 0.15) is 12.0 Å². The third-order valence-corrected chi connectivity index (χ3v) is 5.59. The molecule has 1 saturated heterocycles. The topological polar surface area (TPSA) is 86.7 Å². The van der Waals surface area contributed by atoms with Crippen LogP contribution >= 0.6 is 11.6 Å². The molecule has 3 rings (SSSR count). The highest BCUT2D eigenvalue weighted by Crippen LogP contribution is 2.39. The van der Waals surface area contributed by atoms with E-state index in [1.54, 1.807) is 41.3 Å². The van der Waals surface area contributed by atoms with Crippen LogP contribution in [-0.2, 0) is 15.7 Å². The summed E-state index contributed by atoms with van der Waals surface area (Å²) in [4.78, 5) is 14.0. The summed E-state index contributed by atoms with van der Waals surface area (Å²) in [5, 5.41) is 2.12. The van der Waals surface area contributed by atoms with Crippen LogP contribution in [0.2, 0.25) is 5.02 Å². The van der Waals surface area contributed by atoms with Gasteiger partial charge in [-0.1, -0.05) is 54.1 Å². The van der Waals surface area contributed by atoms with Gasteiger partial charge in [-0.3, -0.25) is 4.55 Å². The number of rotatable bonds is 3. The summed E-state index contributed by atoms with van der Waals surface area (Å²) in [7, 11) is -4.24. The van der Waals surface area contributed by atoms with E-state index in [0.717, 1.165) is 6.42 Å². The van der Waals surface area contributed by atoms with E-state index in [0.29, 0.717) is 23.7 Å². The Morgan fingerprint density at radius 3 is 2.50 bits per heavy atom. The molecule has 1 aromatic rings. The van der Waals surface area contributed by atoms with Crippen LogP contribution in [0.3, 0.4) is 0 Å². The van der Waals surface area contributed by atoms with Gasteiger partial charge in [-0.15, -0.1) is 0 Å². The maximum Gasteiger partial charge on any atom is 0.318 e. The molecule has 0 spiro atoms. The van der Waals surface area contributed by atoms with E-state index < -0.39 is 20.9 Å². The van der Waals surface area contributed by atoms with Crippen molar-refractivity contribution in [2.75, 3.05) is 13.1 Å². The highest BCUT2D eigenvalue weighted by Gasteiger charge is 2.42. The Kier molecular flexibility index (Phi) is 4.42. The lowest BCUT2D eigenvalue weighted by molar-refractivity contribution is 0.148. The Labute approximate surface area is 145 Å². The minimum atomic E-state index is -4.24. The van der Waals surface area contributed by atoms with Gasteiger partial charge in [-0.25, -0.2) is 4.79 Å². The third kappa shape index (κ3) is 2.94. The van der Waals surface area contributed by atoms with E-state index >= 15 is 0 Å². The highest BCUT2D eigenvalue weighted by atomic mass is 35.5. The number of carbonyl (C=O) groups excluding carboxylic acids is 1. The summed E-state index contributed by atoms with van der Waals surface area (Å²) in [6.07, 6.45) is 6.73. The van der Waals surface area contributed by atoms with Gasteiger partial charge in [0.05, 0.1) is 0 Å². The Hall–Kier alpha value is -1.83. The molecule has 2 aliphatic rings. The molecule has 1 fully saturated rings. The lowest BCUT2D eigenvalue weighted by atomic mass is 9.83. The molecule has 2 amide bonds. The first-order valence-electron chi connectivity index (χ1n) is 7.50. The zero-order chi connectivity index (χ0) is 17.4. The molecule has 1 aliphatic heterocycles. The van der Waals surface area contributed by atoms with Crippen molar-refractivity contribution in [3.63, 3.8) is 0 Å². The monoisotopic (exact) mass is 368 g/mol. The Morgan fingerprint density at radius 2 is 1.92 bits per heavy atom. The molecular formula is C16H17ClN2O4S. The summed E-state index contributed by atoms with van der Waals surface area (Å²) in [6.45, 7) is 1.09. The van der Waals surface area contributed by atoms with Gasteiger partial charge in [-0.2, -0.15) is 8.42 Å². The molecule has 1 aliphatic carbocycles. The van der Waals surface area contributed by atoms with Gasteiger partial charge in [0.15, 0.2) is 0 Å². The van der Waals surface area contributed by atoms with E-state index in [9.17, 15) is 17.8 Å². The average Bonchev–Trinajstić information content (AvgIpc) is 2.55. The van der Waals surface area contributed by atoms with Gasteiger partial charge < -0.3 is 10.2 Å². The van der Waals surface area contributed by atoms with Gasteiger partial charge >= 0.3 is 6.03 Å². The standard InChI is InChI=1S/C16H17ClN2O4S/c17-14-5-2-1-4-13(14)16(19-11-3-10-18-15(19)20)8-6-12(7-9-16)24(21,22)23/h1-2,4-9,12H,3,10-11H2,(H,18,20)(H,21,22,23). The van der Waals surface area contributed by atoms with Gasteiger partial charge in [0.2, 0.25) is 0 Å². The SMILES string of the molecule is O=C1NCCCN1C1(c2ccccc2Cl)C=CC(S(=O)(=O)O)C=C1. The molecule has 0 aromatic heterocycles. The maximum absolute atomic E-state index is 12.4. The Morgan fingerprint density at radius 1 is 1.25 bits per heavy atom. The van der Waals surface area contributed by atoms with Crippen LogP contribution in [0.4, 0.5) is 4.79 Å². The van der Waals surface area contributed by atoms with Crippen molar-refractivity contribution in [3.8, 4) is 0 Å². The molecule has 2 N–H and O–H groups in total. The van der Waals surface area contributed by atoms with Crippen LogP contribution in [0.25, 0.3) is 0 Å². The molecule has 128 valence electrons. The molecule has 24 heavy (non-hydrogen) atoms. The lowest BCUT2D eigenvalue weighted by Gasteiger charge is -2.44. The first-order chi connectivity index (χ1) is 11.3. The predicted octanol–water partition coefficient (Wildman–Crippen LogP) is 2.33. The second kappa shape index (κ2) is 6.23. The minimum Gasteiger partial charge on any atom is -0.338 e. The van der Waals surface area contributed by atoms with E-state index in [-0.39, 0.29) is 6.03 Å². The van der Waals surface area contributed by atoms with Crippen molar-refractivity contribution in [1.82, 2.24) is 10.2 Å². The van der Waals surface area contributed by atoms with Crippen LogP contribution in [0, 0.1) is 0 Å². The zero-order valence-electron chi connectivity index (χ0n) is 12.7. The quantitative estimate of drug-likeness (QED) is 0.633. The van der Waals surface area contributed by atoms with Gasteiger partial charge in [0.1, 0.15) is 10.8 Å². The van der Waals surface area contributed by atoms with Crippen molar-refractivity contribution < 1.29 is 17.8 Å². The molecule has 6 nitrogen and oxygen atoms in total. The molecule has 1 aromatic carbocycles. The predicted molar refractivity (Wildman–Crippen MR) is 91.5 cm³/mol. The summed E-state index contributed by atoms with van der Waals surface area (Å²) >= 11 is 6.35. The molecule has 1 heterocycles. The average molecular weight is 369 g/mol. The van der Waals surface area contributed by atoms with E-state index in [2.05, 4.69) is 5.32 Å². The fourth-order valence-electron chi connectivity index (χ4n) is 3.07. The molecule has 0 saturated carbocycles. The number of hydrogen-bond donors (Lipinski definition) is 2. The normalized spacial score (nSPS) is 27.2. The highest BCUT2D eigenvalue weighted by molar-refractivity contribution is 7.86. The lowest BCUT2D eigenvalue weighted by Crippen LogP contribution is -2.56. The summed E-state index contributed by atoms with van der Waals surface area (Å²) < 4.78 is 32.0. The van der Waals surface area contributed by atoms with E-state index in [1.807, 2.05) is 0 Å². The minimum absolute atomic E-state index is 0.249. The van der Waals surface area contributed by atoms with Crippen molar-refractivity contribution in [1.29, 1.82) is 0 Å². The number of amides is 2. The van der Waals surface area contributed by atoms with Crippen molar-refractivity contribution in [2.24, 2.45) is 0 Å². The molecule has 8 heteroatoms. The molecule has 0 bridgehead atoms. The summed E-state index contributed by atoms with van der Waals surface area (Å²) in [6, 6.07) is 6.86. The smallest absolute Gasteiger partial charge is 0.318 e. The Bertz CT molecular complexity index is 805. The zero-order valence-corrected chi connectivity index (χ0v) is 14.3. The van der Waals surface area contributed by atoms with Crippen LogP contribution in [0.15, 0.2) is 48.6 Å². The number of hydrogen-bond acceptors (Lipinski definition) is 3. The van der Waals surface area contributed by atoms with Gasteiger partial charge in [0.25, 0.3) is 10.1 Å².